The maximum absolute atomic E-state index is 13.3. The lowest BCUT2D eigenvalue weighted by Gasteiger charge is -2.27. The summed E-state index contributed by atoms with van der Waals surface area (Å²) in [5, 5.41) is 0. The molecular weight excluding hydrogens is 504 g/mol. The molecule has 196 valence electrons. The second-order valence-corrected chi connectivity index (χ2v) is 7.67. The minimum Gasteiger partial charge on any atom is -0.497 e. The van der Waals surface area contributed by atoms with Crippen molar-refractivity contribution < 1.29 is 40.6 Å². The first kappa shape index (κ1) is 27.4. The molecule has 0 spiro atoms. The zero-order valence-electron chi connectivity index (χ0n) is 19.4. The molecule has 0 amide bonds. The highest BCUT2D eigenvalue weighted by atomic mass is 19.4. The van der Waals surface area contributed by atoms with Gasteiger partial charge in [-0.15, -0.1) is 0 Å². The van der Waals surface area contributed by atoms with E-state index in [1.54, 1.807) is 19.2 Å². The second kappa shape index (κ2) is 11.7. The lowest BCUT2D eigenvalue weighted by molar-refractivity contribution is -0.136. The summed E-state index contributed by atoms with van der Waals surface area (Å²) in [4.78, 5) is 7.59. The van der Waals surface area contributed by atoms with Crippen molar-refractivity contribution in [1.82, 2.24) is 4.98 Å². The molecule has 0 bridgehead atoms. The number of aromatic nitrogens is 1. The summed E-state index contributed by atoms with van der Waals surface area (Å²) in [7, 11) is 1.56. The van der Waals surface area contributed by atoms with E-state index in [4.69, 9.17) is 20.8 Å². The molecule has 0 aliphatic carbocycles. The number of methoxy groups -OCH3 is 1. The Morgan fingerprint density at radius 3 is 2.19 bits per heavy atom. The summed E-state index contributed by atoms with van der Waals surface area (Å²) in [6.07, 6.45) is -8.25. The average molecular weight is 525 g/mol. The molecule has 0 saturated heterocycles. The van der Waals surface area contributed by atoms with Gasteiger partial charge in [0.2, 0.25) is 5.88 Å². The van der Waals surface area contributed by atoms with E-state index in [1.165, 1.54) is 18.3 Å². The van der Waals surface area contributed by atoms with Gasteiger partial charge in [-0.2, -0.15) is 26.3 Å². The van der Waals surface area contributed by atoms with Crippen molar-refractivity contribution in [1.29, 1.82) is 0 Å². The number of ether oxygens (including phenoxy) is 3. The van der Waals surface area contributed by atoms with Crippen molar-refractivity contribution in [3.63, 3.8) is 0 Å². The third-order valence-electron chi connectivity index (χ3n) is 5.03. The SMILES string of the molecule is [C-]#[N+]c1ccc(N(CCOc2ccc(OCc3ccc(OC)cc3)nc2)CC(F)(F)F)cc1C(F)(F)F. The number of pyridine rings is 1. The van der Waals surface area contributed by atoms with Gasteiger partial charge in [0.1, 0.15) is 31.3 Å². The molecule has 1 aromatic heterocycles. The zero-order chi connectivity index (χ0) is 27.1. The van der Waals surface area contributed by atoms with E-state index in [0.29, 0.717) is 22.6 Å². The van der Waals surface area contributed by atoms with Gasteiger partial charge in [0.15, 0.2) is 5.69 Å². The van der Waals surface area contributed by atoms with Crippen LogP contribution in [0.2, 0.25) is 0 Å². The van der Waals surface area contributed by atoms with E-state index in [9.17, 15) is 26.3 Å². The number of hydrogen-bond donors (Lipinski definition) is 0. The lowest BCUT2D eigenvalue weighted by atomic mass is 10.1. The number of nitrogens with zero attached hydrogens (tertiary/aromatic N) is 3. The average Bonchev–Trinajstić information content (AvgIpc) is 2.86. The fraction of sp³-hybridized carbons (Fsp3) is 0.280. The van der Waals surface area contributed by atoms with Crippen molar-refractivity contribution in [2.45, 2.75) is 19.0 Å². The largest absolute Gasteiger partial charge is 0.497 e. The Bertz CT molecular complexity index is 1210. The molecule has 1 heterocycles. The van der Waals surface area contributed by atoms with Crippen LogP contribution in [0.5, 0.6) is 17.4 Å². The van der Waals surface area contributed by atoms with E-state index in [2.05, 4.69) is 9.83 Å². The number of anilines is 1. The van der Waals surface area contributed by atoms with Crippen LogP contribution in [-0.2, 0) is 12.8 Å². The van der Waals surface area contributed by atoms with Crippen molar-refractivity contribution in [2.24, 2.45) is 0 Å². The van der Waals surface area contributed by atoms with Gasteiger partial charge in [-0.05, 0) is 35.9 Å². The Labute approximate surface area is 208 Å². The van der Waals surface area contributed by atoms with E-state index >= 15 is 0 Å². The number of halogens is 6. The van der Waals surface area contributed by atoms with Gasteiger partial charge in [-0.1, -0.05) is 18.2 Å². The molecule has 0 radical (unpaired) electrons. The van der Waals surface area contributed by atoms with Gasteiger partial charge < -0.3 is 19.1 Å². The Morgan fingerprint density at radius 1 is 0.919 bits per heavy atom. The van der Waals surface area contributed by atoms with Gasteiger partial charge in [0, 0.05) is 11.8 Å². The minimum atomic E-state index is -4.89. The molecule has 37 heavy (non-hydrogen) atoms. The van der Waals surface area contributed by atoms with Gasteiger partial charge in [-0.3, -0.25) is 0 Å². The summed E-state index contributed by atoms with van der Waals surface area (Å²) in [6, 6.07) is 12.7. The normalized spacial score (nSPS) is 11.5. The van der Waals surface area contributed by atoms with Gasteiger partial charge >= 0.3 is 12.4 Å². The maximum atomic E-state index is 13.3. The Kier molecular flexibility index (Phi) is 8.70. The molecule has 0 aliphatic rings. The third-order valence-corrected chi connectivity index (χ3v) is 5.03. The van der Waals surface area contributed by atoms with Crippen LogP contribution < -0.4 is 19.1 Å². The molecule has 0 fully saturated rings. The van der Waals surface area contributed by atoms with E-state index in [0.717, 1.165) is 17.7 Å². The second-order valence-electron chi connectivity index (χ2n) is 7.67. The van der Waals surface area contributed by atoms with Gasteiger partial charge in [0.05, 0.1) is 32.0 Å². The van der Waals surface area contributed by atoms with Crippen LogP contribution in [0.1, 0.15) is 11.1 Å². The molecule has 0 saturated carbocycles. The first-order valence-corrected chi connectivity index (χ1v) is 10.7. The monoisotopic (exact) mass is 525 g/mol. The Morgan fingerprint density at radius 2 is 1.62 bits per heavy atom. The topological polar surface area (TPSA) is 48.2 Å². The van der Waals surface area contributed by atoms with Crippen molar-refractivity contribution in [3.8, 4) is 17.4 Å². The number of benzene rings is 2. The molecule has 12 heteroatoms. The number of hydrogen-bond acceptors (Lipinski definition) is 5. The molecular formula is C25H21F6N3O3. The van der Waals surface area contributed by atoms with Crippen LogP contribution in [0, 0.1) is 6.57 Å². The number of alkyl halides is 6. The lowest BCUT2D eigenvalue weighted by Crippen LogP contribution is -2.37. The summed E-state index contributed by atoms with van der Waals surface area (Å²) < 4.78 is 95.3. The zero-order valence-corrected chi connectivity index (χ0v) is 19.4. The summed E-state index contributed by atoms with van der Waals surface area (Å²) >= 11 is 0. The molecule has 0 aliphatic heterocycles. The van der Waals surface area contributed by atoms with Crippen LogP contribution in [0.25, 0.3) is 4.85 Å². The Balaban J connectivity index is 1.62. The molecule has 3 rings (SSSR count). The van der Waals surface area contributed by atoms with E-state index < -0.39 is 30.1 Å². The molecule has 0 N–H and O–H groups in total. The smallest absolute Gasteiger partial charge is 0.407 e. The maximum Gasteiger partial charge on any atom is 0.407 e. The highest BCUT2D eigenvalue weighted by Crippen LogP contribution is 2.39. The van der Waals surface area contributed by atoms with Gasteiger partial charge in [-0.25, -0.2) is 9.83 Å². The van der Waals surface area contributed by atoms with Crippen molar-refractivity contribution >= 4 is 11.4 Å². The fourth-order valence-electron chi connectivity index (χ4n) is 3.25. The molecule has 0 unspecified atom stereocenters. The molecule has 0 atom stereocenters. The standard InChI is InChI=1S/C25H21F6N3O3/c1-32-22-9-5-18(13-21(22)25(29,30)31)34(16-24(26,27)28)11-12-36-20-8-10-23(33-14-20)37-15-17-3-6-19(35-2)7-4-17/h3-10,13-14H,11-12,15-16H2,2H3. The number of rotatable bonds is 10. The molecule has 2 aromatic carbocycles. The van der Waals surface area contributed by atoms with Crippen LogP contribution in [-0.4, -0.2) is 38.0 Å². The van der Waals surface area contributed by atoms with Crippen LogP contribution in [0.4, 0.5) is 37.7 Å². The summed E-state index contributed by atoms with van der Waals surface area (Å²) in [5.74, 6) is 1.24. The Hall–Kier alpha value is -4.14. The van der Waals surface area contributed by atoms with Crippen LogP contribution in [0.15, 0.2) is 60.8 Å². The highest BCUT2D eigenvalue weighted by molar-refractivity contribution is 5.62. The van der Waals surface area contributed by atoms with Crippen molar-refractivity contribution in [2.75, 3.05) is 31.7 Å². The van der Waals surface area contributed by atoms with Crippen LogP contribution in [0.3, 0.4) is 0 Å². The third kappa shape index (κ3) is 8.20. The fourth-order valence-corrected chi connectivity index (χ4v) is 3.25. The molecule has 6 nitrogen and oxygen atoms in total. The minimum absolute atomic E-state index is 0.239. The van der Waals surface area contributed by atoms with Gasteiger partial charge in [0.25, 0.3) is 0 Å². The van der Waals surface area contributed by atoms with E-state index in [1.807, 2.05) is 12.1 Å². The van der Waals surface area contributed by atoms with Crippen LogP contribution >= 0.6 is 0 Å². The quantitative estimate of drug-likeness (QED) is 0.218. The predicted octanol–water partition coefficient (Wildman–Crippen LogP) is 6.69. The summed E-state index contributed by atoms with van der Waals surface area (Å²) in [6.45, 7) is 4.99. The van der Waals surface area contributed by atoms with Crippen molar-refractivity contribution in [3.05, 3.63) is 83.3 Å². The van der Waals surface area contributed by atoms with E-state index in [-0.39, 0.29) is 31.2 Å². The predicted molar refractivity (Wildman–Crippen MR) is 123 cm³/mol. The molecule has 3 aromatic rings. The highest BCUT2D eigenvalue weighted by Gasteiger charge is 2.35. The first-order valence-electron chi connectivity index (χ1n) is 10.7. The summed E-state index contributed by atoms with van der Waals surface area (Å²) in [5.41, 5.74) is -1.45. The first-order chi connectivity index (χ1) is 17.5.